The van der Waals surface area contributed by atoms with Gasteiger partial charge in [0.05, 0.1) is 6.61 Å². The number of aliphatic hydroxyl groups is 4. The molecule has 1 amide bonds. The molecule has 1 fully saturated rings. The summed E-state index contributed by atoms with van der Waals surface area (Å²) in [6.07, 6.45) is 21.7. The van der Waals surface area contributed by atoms with Gasteiger partial charge in [-0.15, -0.1) is 0 Å². The number of carbonyl (C=O) groups excluding carboxylic acids is 1. The Morgan fingerprint density at radius 2 is 1.38 bits per heavy atom. The lowest BCUT2D eigenvalue weighted by Crippen LogP contribution is -2.60. The number of allylic oxidation sites excluding steroid dienone is 10. The number of amides is 1. The van der Waals surface area contributed by atoms with Crippen LogP contribution in [-0.2, 0) is 9.53 Å². The maximum atomic E-state index is 12.2. The third-order valence-corrected chi connectivity index (χ3v) is 6.17. The van der Waals surface area contributed by atoms with E-state index in [1.54, 1.807) is 24.3 Å². The van der Waals surface area contributed by atoms with Crippen molar-refractivity contribution in [2.45, 2.75) is 89.0 Å². The van der Waals surface area contributed by atoms with E-state index in [1.165, 1.54) is 0 Å². The summed E-state index contributed by atoms with van der Waals surface area (Å²) < 4.78 is 10.9. The van der Waals surface area contributed by atoms with Crippen LogP contribution in [-0.4, -0.2) is 63.6 Å². The number of hydrogen-bond acceptors (Lipinski definition) is 7. The molecule has 1 saturated heterocycles. The van der Waals surface area contributed by atoms with Gasteiger partial charge in [0, 0.05) is 12.1 Å². The van der Waals surface area contributed by atoms with Gasteiger partial charge in [0.2, 0.25) is 12.2 Å². The van der Waals surface area contributed by atoms with E-state index in [0.717, 1.165) is 44.9 Å². The van der Waals surface area contributed by atoms with Gasteiger partial charge in [0.25, 0.3) is 0 Å². The van der Waals surface area contributed by atoms with E-state index in [-0.39, 0.29) is 5.91 Å². The van der Waals surface area contributed by atoms with E-state index in [1.807, 2.05) is 0 Å². The molecule has 0 aromatic heterocycles. The number of ether oxygens (including phenoxy) is 2. The van der Waals surface area contributed by atoms with Gasteiger partial charge >= 0.3 is 0 Å². The Hall–Kier alpha value is -3.01. The molecule has 1 aromatic carbocycles. The normalized spacial score (nSPS) is 23.8. The highest BCUT2D eigenvalue weighted by atomic mass is 16.7. The zero-order valence-corrected chi connectivity index (χ0v) is 23.3. The summed E-state index contributed by atoms with van der Waals surface area (Å²) in [5.74, 6) is 0.246. The summed E-state index contributed by atoms with van der Waals surface area (Å²) in [6, 6.07) is 6.49. The molecule has 1 aliphatic heterocycles. The summed E-state index contributed by atoms with van der Waals surface area (Å²) >= 11 is 0. The van der Waals surface area contributed by atoms with Gasteiger partial charge in [-0.3, -0.25) is 4.79 Å². The molecule has 2 rings (SSSR count). The molecule has 1 heterocycles. The third-order valence-electron chi connectivity index (χ3n) is 6.17. The first-order valence-electron chi connectivity index (χ1n) is 14.1. The molecule has 5 atom stereocenters. The van der Waals surface area contributed by atoms with Gasteiger partial charge in [0.1, 0.15) is 30.2 Å². The molecule has 5 N–H and O–H groups in total. The van der Waals surface area contributed by atoms with Crippen LogP contribution >= 0.6 is 0 Å². The topological polar surface area (TPSA) is 128 Å². The van der Waals surface area contributed by atoms with Crippen molar-refractivity contribution in [2.75, 3.05) is 11.9 Å². The van der Waals surface area contributed by atoms with Crippen molar-refractivity contribution >= 4 is 11.6 Å². The molecule has 8 heteroatoms. The predicted octanol–water partition coefficient (Wildman–Crippen LogP) is 4.73. The smallest absolute Gasteiger partial charge is 0.229 e. The van der Waals surface area contributed by atoms with Gasteiger partial charge in [-0.05, 0) is 69.2 Å². The first-order chi connectivity index (χ1) is 19.5. The highest BCUT2D eigenvalue weighted by Gasteiger charge is 2.44. The lowest BCUT2D eigenvalue weighted by Gasteiger charge is -2.39. The molecule has 0 unspecified atom stereocenters. The quantitative estimate of drug-likeness (QED) is 0.139. The Kier molecular flexibility index (Phi) is 16.6. The minimum atomic E-state index is -1.51. The Morgan fingerprint density at radius 3 is 1.93 bits per heavy atom. The fourth-order valence-electron chi connectivity index (χ4n) is 3.89. The van der Waals surface area contributed by atoms with Gasteiger partial charge < -0.3 is 35.2 Å². The maximum absolute atomic E-state index is 12.2. The van der Waals surface area contributed by atoms with Crippen molar-refractivity contribution in [3.63, 3.8) is 0 Å². The van der Waals surface area contributed by atoms with Gasteiger partial charge in [-0.1, -0.05) is 67.7 Å². The monoisotopic (exact) mass is 555 g/mol. The van der Waals surface area contributed by atoms with Crippen LogP contribution in [0.15, 0.2) is 85.0 Å². The maximum Gasteiger partial charge on any atom is 0.229 e. The number of hydrogen-bond donors (Lipinski definition) is 5. The van der Waals surface area contributed by atoms with Crippen LogP contribution in [0.1, 0.15) is 58.3 Å². The van der Waals surface area contributed by atoms with Crippen molar-refractivity contribution in [3.8, 4) is 5.75 Å². The van der Waals surface area contributed by atoms with Crippen molar-refractivity contribution in [1.82, 2.24) is 0 Å². The number of rotatable bonds is 17. The Morgan fingerprint density at radius 1 is 0.825 bits per heavy atom. The van der Waals surface area contributed by atoms with Crippen molar-refractivity contribution in [1.29, 1.82) is 0 Å². The fourth-order valence-corrected chi connectivity index (χ4v) is 3.89. The Balaban J connectivity index is 1.57. The van der Waals surface area contributed by atoms with Crippen molar-refractivity contribution in [2.24, 2.45) is 0 Å². The molecule has 0 bridgehead atoms. The van der Waals surface area contributed by atoms with Crippen molar-refractivity contribution in [3.05, 3.63) is 85.0 Å². The largest absolute Gasteiger partial charge is 0.462 e. The van der Waals surface area contributed by atoms with Crippen LogP contribution in [0.2, 0.25) is 0 Å². The molecule has 1 aromatic rings. The van der Waals surface area contributed by atoms with E-state index in [2.05, 4.69) is 73.0 Å². The van der Waals surface area contributed by atoms with Crippen LogP contribution < -0.4 is 10.1 Å². The number of unbranched alkanes of at least 4 members (excludes halogenated alkanes) is 1. The lowest BCUT2D eigenvalue weighted by atomic mass is 9.99. The zero-order chi connectivity index (χ0) is 29.0. The fraction of sp³-hybridized carbons (Fsp3) is 0.469. The average molecular weight is 556 g/mol. The molecule has 220 valence electrons. The zero-order valence-electron chi connectivity index (χ0n) is 23.3. The van der Waals surface area contributed by atoms with Crippen LogP contribution in [0.5, 0.6) is 5.75 Å². The van der Waals surface area contributed by atoms with Crippen LogP contribution in [0, 0.1) is 0 Å². The second kappa shape index (κ2) is 20.0. The first kappa shape index (κ1) is 33.2. The molecule has 0 spiro atoms. The summed E-state index contributed by atoms with van der Waals surface area (Å²) in [5, 5.41) is 41.9. The molecule has 8 nitrogen and oxygen atoms in total. The second-order valence-corrected chi connectivity index (χ2v) is 9.49. The van der Waals surface area contributed by atoms with E-state index in [9.17, 15) is 25.2 Å². The Bertz CT molecular complexity index is 981. The van der Waals surface area contributed by atoms with Gasteiger partial charge in [-0.2, -0.15) is 0 Å². The van der Waals surface area contributed by atoms with Crippen LogP contribution in [0.25, 0.3) is 0 Å². The van der Waals surface area contributed by atoms with Crippen LogP contribution in [0.4, 0.5) is 5.69 Å². The van der Waals surface area contributed by atoms with Crippen molar-refractivity contribution < 1.29 is 34.7 Å². The minimum absolute atomic E-state index is 0.0880. The Labute approximate surface area is 238 Å². The highest BCUT2D eigenvalue weighted by Crippen LogP contribution is 2.25. The SMILES string of the molecule is CC/C=C\C/C=C\C/C=C\C/C=C\C/C=C\CCCC(=O)Nc1ccc(O[C@@H]2O[C@H](CO)[C@@H](O)[C@H](O)[C@H]2O)cc1. The third kappa shape index (κ3) is 12.9. The van der Waals surface area contributed by atoms with E-state index < -0.39 is 37.3 Å². The number of anilines is 1. The molecule has 0 radical (unpaired) electrons. The first-order valence-corrected chi connectivity index (χ1v) is 14.1. The molecule has 1 aliphatic rings. The summed E-state index contributed by atoms with van der Waals surface area (Å²) in [5.41, 5.74) is 0.598. The number of aliphatic hydroxyl groups excluding tert-OH is 4. The van der Waals surface area contributed by atoms with Gasteiger partial charge in [0.15, 0.2) is 0 Å². The van der Waals surface area contributed by atoms with E-state index >= 15 is 0 Å². The molecular weight excluding hydrogens is 510 g/mol. The average Bonchev–Trinajstić information content (AvgIpc) is 2.96. The van der Waals surface area contributed by atoms with E-state index in [4.69, 9.17) is 9.47 Å². The molecule has 0 saturated carbocycles. The highest BCUT2D eigenvalue weighted by molar-refractivity contribution is 5.90. The number of nitrogens with one attached hydrogen (secondary N) is 1. The molecule has 40 heavy (non-hydrogen) atoms. The van der Waals surface area contributed by atoms with Gasteiger partial charge in [-0.25, -0.2) is 0 Å². The predicted molar refractivity (Wildman–Crippen MR) is 158 cm³/mol. The second-order valence-electron chi connectivity index (χ2n) is 9.49. The number of carbonyl (C=O) groups is 1. The molecular formula is C32H45NO7. The molecule has 0 aliphatic carbocycles. The van der Waals surface area contributed by atoms with Crippen LogP contribution in [0.3, 0.4) is 0 Å². The summed E-state index contributed by atoms with van der Waals surface area (Å²) in [4.78, 5) is 12.2. The standard InChI is InChI=1S/C32H45NO7/c1-2-3-4-5-6-7-8-9-10-11-12-13-14-15-16-17-18-19-28(35)33-25-20-22-26(23-21-25)39-32-31(38)30(37)29(36)27(24-34)40-32/h3-4,6-7,9-10,12-13,15-16,20-23,27,29-32,34,36-38H,2,5,8,11,14,17-19,24H2,1H3,(H,33,35)/b4-3-,7-6-,10-9-,13-12-,16-15-/t27-,29-,30+,31-,32-/m1/s1. The minimum Gasteiger partial charge on any atom is -0.462 e. The summed E-state index contributed by atoms with van der Waals surface area (Å²) in [7, 11) is 0. The lowest BCUT2D eigenvalue weighted by molar-refractivity contribution is -0.277. The number of benzene rings is 1. The summed E-state index contributed by atoms with van der Waals surface area (Å²) in [6.45, 7) is 1.61. The van der Waals surface area contributed by atoms with E-state index in [0.29, 0.717) is 17.9 Å².